The number of ether oxygens (including phenoxy) is 2. The fourth-order valence-electron chi connectivity index (χ4n) is 2.60. The SMILES string of the molecule is COc1cc(C(=O)NC(c2ccccc2)C(C)C)ccc1OCC(N)=O. The zero-order valence-corrected chi connectivity index (χ0v) is 15.2. The van der Waals surface area contributed by atoms with Crippen LogP contribution in [0, 0.1) is 5.92 Å². The van der Waals surface area contributed by atoms with E-state index in [1.807, 2.05) is 30.3 Å². The van der Waals surface area contributed by atoms with Crippen LogP contribution in [0.15, 0.2) is 48.5 Å². The van der Waals surface area contributed by atoms with E-state index in [9.17, 15) is 9.59 Å². The first-order valence-electron chi connectivity index (χ1n) is 8.37. The summed E-state index contributed by atoms with van der Waals surface area (Å²) in [6.45, 7) is 3.85. The minimum absolute atomic E-state index is 0.111. The Balaban J connectivity index is 2.19. The van der Waals surface area contributed by atoms with Crippen LogP contribution in [-0.2, 0) is 4.79 Å². The average molecular weight is 356 g/mol. The monoisotopic (exact) mass is 356 g/mol. The van der Waals surface area contributed by atoms with Gasteiger partial charge in [0.1, 0.15) is 0 Å². The molecule has 2 aromatic rings. The van der Waals surface area contributed by atoms with Crippen LogP contribution in [0.1, 0.15) is 35.8 Å². The van der Waals surface area contributed by atoms with Crippen LogP contribution in [0.3, 0.4) is 0 Å². The van der Waals surface area contributed by atoms with Crippen molar-refractivity contribution in [2.45, 2.75) is 19.9 Å². The number of nitrogens with one attached hydrogen (secondary N) is 1. The first kappa shape index (κ1) is 19.3. The van der Waals surface area contributed by atoms with Crippen molar-refractivity contribution >= 4 is 11.8 Å². The van der Waals surface area contributed by atoms with Gasteiger partial charge in [-0.3, -0.25) is 9.59 Å². The van der Waals surface area contributed by atoms with Gasteiger partial charge in [-0.25, -0.2) is 0 Å². The first-order chi connectivity index (χ1) is 12.4. The summed E-state index contributed by atoms with van der Waals surface area (Å²) in [7, 11) is 1.47. The predicted octanol–water partition coefficient (Wildman–Crippen LogP) is 2.69. The number of nitrogens with two attached hydrogens (primary N) is 1. The van der Waals surface area contributed by atoms with Crippen LogP contribution in [0.2, 0.25) is 0 Å². The fourth-order valence-corrected chi connectivity index (χ4v) is 2.60. The third kappa shape index (κ3) is 4.99. The summed E-state index contributed by atoms with van der Waals surface area (Å²) in [5.41, 5.74) is 6.56. The van der Waals surface area contributed by atoms with Crippen molar-refractivity contribution in [1.29, 1.82) is 0 Å². The largest absolute Gasteiger partial charge is 0.493 e. The molecule has 138 valence electrons. The van der Waals surface area contributed by atoms with Gasteiger partial charge in [-0.1, -0.05) is 44.2 Å². The summed E-state index contributed by atoms with van der Waals surface area (Å²) < 4.78 is 10.5. The topological polar surface area (TPSA) is 90.7 Å². The summed E-state index contributed by atoms with van der Waals surface area (Å²) >= 11 is 0. The van der Waals surface area contributed by atoms with Gasteiger partial charge in [0.25, 0.3) is 11.8 Å². The lowest BCUT2D eigenvalue weighted by molar-refractivity contribution is -0.119. The lowest BCUT2D eigenvalue weighted by Crippen LogP contribution is -2.31. The van der Waals surface area contributed by atoms with E-state index in [0.29, 0.717) is 17.1 Å². The number of rotatable bonds is 8. The van der Waals surface area contributed by atoms with Crippen molar-refractivity contribution < 1.29 is 19.1 Å². The maximum absolute atomic E-state index is 12.7. The van der Waals surface area contributed by atoms with E-state index in [0.717, 1.165) is 5.56 Å². The van der Waals surface area contributed by atoms with Crippen molar-refractivity contribution in [3.63, 3.8) is 0 Å². The molecule has 0 radical (unpaired) electrons. The van der Waals surface area contributed by atoms with Crippen LogP contribution in [0.25, 0.3) is 0 Å². The van der Waals surface area contributed by atoms with Gasteiger partial charge < -0.3 is 20.5 Å². The Morgan fingerprint density at radius 1 is 1.08 bits per heavy atom. The number of hydrogen-bond acceptors (Lipinski definition) is 4. The summed E-state index contributed by atoms with van der Waals surface area (Å²) in [4.78, 5) is 23.6. The van der Waals surface area contributed by atoms with Gasteiger partial charge >= 0.3 is 0 Å². The van der Waals surface area contributed by atoms with Crippen LogP contribution in [-0.4, -0.2) is 25.5 Å². The molecule has 0 saturated carbocycles. The number of hydrogen-bond donors (Lipinski definition) is 2. The number of methoxy groups -OCH3 is 1. The molecule has 0 fully saturated rings. The van der Waals surface area contributed by atoms with Gasteiger partial charge in [0.15, 0.2) is 18.1 Å². The Labute approximate surface area is 153 Å². The van der Waals surface area contributed by atoms with Gasteiger partial charge in [0, 0.05) is 5.56 Å². The molecule has 6 heteroatoms. The van der Waals surface area contributed by atoms with E-state index in [2.05, 4.69) is 19.2 Å². The quantitative estimate of drug-likeness (QED) is 0.761. The summed E-state index contributed by atoms with van der Waals surface area (Å²) in [5, 5.41) is 3.06. The van der Waals surface area contributed by atoms with Crippen LogP contribution in [0.5, 0.6) is 11.5 Å². The number of benzene rings is 2. The summed E-state index contributed by atoms with van der Waals surface area (Å²) in [6, 6.07) is 14.5. The van der Waals surface area contributed by atoms with Crippen LogP contribution in [0.4, 0.5) is 0 Å². The standard InChI is InChI=1S/C20H24N2O4/c1-13(2)19(14-7-5-4-6-8-14)22-20(24)15-9-10-16(17(11-15)25-3)26-12-18(21)23/h4-11,13,19H,12H2,1-3H3,(H2,21,23)(H,22,24). The minimum atomic E-state index is -0.587. The molecule has 0 aliphatic carbocycles. The summed E-state index contributed by atoms with van der Waals surface area (Å²) in [5.74, 6) is 0.135. The molecule has 1 unspecified atom stereocenters. The smallest absolute Gasteiger partial charge is 0.255 e. The molecule has 1 atom stereocenters. The third-order valence-corrected chi connectivity index (χ3v) is 3.91. The van der Waals surface area contributed by atoms with Gasteiger partial charge in [0.2, 0.25) is 0 Å². The molecule has 0 aromatic heterocycles. The van der Waals surface area contributed by atoms with Gasteiger partial charge in [-0.05, 0) is 29.7 Å². The second-order valence-corrected chi connectivity index (χ2v) is 6.23. The van der Waals surface area contributed by atoms with Crippen molar-refractivity contribution in [2.75, 3.05) is 13.7 Å². The molecule has 3 N–H and O–H groups in total. The molecule has 0 saturated heterocycles. The molecular formula is C20H24N2O4. The third-order valence-electron chi connectivity index (χ3n) is 3.91. The van der Waals surface area contributed by atoms with Crippen molar-refractivity contribution in [1.82, 2.24) is 5.32 Å². The maximum atomic E-state index is 12.7. The number of carbonyl (C=O) groups is 2. The molecule has 2 amide bonds. The molecule has 2 aromatic carbocycles. The molecular weight excluding hydrogens is 332 g/mol. The molecule has 26 heavy (non-hydrogen) atoms. The Morgan fingerprint density at radius 2 is 1.77 bits per heavy atom. The summed E-state index contributed by atoms with van der Waals surface area (Å²) in [6.07, 6.45) is 0. The molecule has 0 aliphatic rings. The first-order valence-corrected chi connectivity index (χ1v) is 8.37. The molecule has 0 bridgehead atoms. The van der Waals surface area contributed by atoms with E-state index in [1.54, 1.807) is 18.2 Å². The highest BCUT2D eigenvalue weighted by molar-refractivity contribution is 5.95. The normalized spacial score (nSPS) is 11.7. The Morgan fingerprint density at radius 3 is 2.35 bits per heavy atom. The number of primary amides is 1. The van der Waals surface area contributed by atoms with Crippen LogP contribution >= 0.6 is 0 Å². The van der Waals surface area contributed by atoms with Crippen molar-refractivity contribution in [3.8, 4) is 11.5 Å². The van der Waals surface area contributed by atoms with E-state index >= 15 is 0 Å². The highest BCUT2D eigenvalue weighted by atomic mass is 16.5. The Kier molecular flexibility index (Phi) is 6.60. The van der Waals surface area contributed by atoms with E-state index < -0.39 is 5.91 Å². The average Bonchev–Trinajstić information content (AvgIpc) is 2.64. The van der Waals surface area contributed by atoms with E-state index in [1.165, 1.54) is 7.11 Å². The second-order valence-electron chi connectivity index (χ2n) is 6.23. The minimum Gasteiger partial charge on any atom is -0.493 e. The molecule has 0 heterocycles. The van der Waals surface area contributed by atoms with Crippen molar-refractivity contribution in [3.05, 3.63) is 59.7 Å². The lowest BCUT2D eigenvalue weighted by atomic mass is 9.95. The Hall–Kier alpha value is -3.02. The fraction of sp³-hybridized carbons (Fsp3) is 0.300. The zero-order chi connectivity index (χ0) is 19.1. The highest BCUT2D eigenvalue weighted by Crippen LogP contribution is 2.29. The van der Waals surface area contributed by atoms with Crippen LogP contribution < -0.4 is 20.5 Å². The molecule has 0 aliphatic heterocycles. The number of amides is 2. The molecule has 0 spiro atoms. The molecule has 2 rings (SSSR count). The van der Waals surface area contributed by atoms with Gasteiger partial charge in [0.05, 0.1) is 13.2 Å². The van der Waals surface area contributed by atoms with E-state index in [-0.39, 0.29) is 24.5 Å². The maximum Gasteiger partial charge on any atom is 0.255 e. The second kappa shape index (κ2) is 8.89. The van der Waals surface area contributed by atoms with Crippen molar-refractivity contribution in [2.24, 2.45) is 11.7 Å². The molecule has 6 nitrogen and oxygen atoms in total. The number of carbonyl (C=O) groups excluding carboxylic acids is 2. The highest BCUT2D eigenvalue weighted by Gasteiger charge is 2.20. The Bertz CT molecular complexity index is 760. The predicted molar refractivity (Wildman–Crippen MR) is 99.2 cm³/mol. The zero-order valence-electron chi connectivity index (χ0n) is 15.2. The van der Waals surface area contributed by atoms with E-state index in [4.69, 9.17) is 15.2 Å². The van der Waals surface area contributed by atoms with Gasteiger partial charge in [-0.2, -0.15) is 0 Å². The van der Waals surface area contributed by atoms with Gasteiger partial charge in [-0.15, -0.1) is 0 Å². The lowest BCUT2D eigenvalue weighted by Gasteiger charge is -2.23.